The average molecular weight is 300 g/mol. The molecular formula is C16H28O5. The maximum atomic E-state index is 5.32. The van der Waals surface area contributed by atoms with E-state index < -0.39 is 13.0 Å². The van der Waals surface area contributed by atoms with Gasteiger partial charge in [-0.25, -0.2) is 0 Å². The summed E-state index contributed by atoms with van der Waals surface area (Å²) in [5.41, 5.74) is 0. The van der Waals surface area contributed by atoms with E-state index in [1.807, 2.05) is 64.1 Å². The van der Waals surface area contributed by atoms with Gasteiger partial charge in [-0.15, -0.1) is 0 Å². The summed E-state index contributed by atoms with van der Waals surface area (Å²) >= 11 is 0. The molecule has 0 saturated carbocycles. The summed E-state index contributed by atoms with van der Waals surface area (Å²) in [6.07, 6.45) is 0. The van der Waals surface area contributed by atoms with Crippen LogP contribution in [-0.2, 0) is 23.7 Å². The van der Waals surface area contributed by atoms with Crippen LogP contribution in [0, 0.1) is 0 Å². The molecule has 0 fully saturated rings. The van der Waals surface area contributed by atoms with Crippen molar-refractivity contribution in [1.29, 1.82) is 0 Å². The lowest BCUT2D eigenvalue weighted by Crippen LogP contribution is -2.31. The van der Waals surface area contributed by atoms with Crippen LogP contribution in [0.2, 0.25) is 0 Å². The highest BCUT2D eigenvalue weighted by Gasteiger charge is 2.17. The van der Waals surface area contributed by atoms with Gasteiger partial charge in [0.2, 0.25) is 0 Å². The first-order chi connectivity index (χ1) is 10.3. The van der Waals surface area contributed by atoms with E-state index in [1.54, 1.807) is 0 Å². The summed E-state index contributed by atoms with van der Waals surface area (Å²) in [5, 5.41) is 0. The largest absolute Gasteiger partial charge is 0.330 e. The molecule has 0 aromatic heterocycles. The van der Waals surface area contributed by atoms with E-state index in [4.69, 9.17) is 23.7 Å². The maximum absolute atomic E-state index is 5.32. The van der Waals surface area contributed by atoms with Gasteiger partial charge in [0.15, 0.2) is 0 Å². The molecule has 0 saturated heterocycles. The number of hydrogen-bond acceptors (Lipinski definition) is 5. The first kappa shape index (κ1) is 20.0. The van der Waals surface area contributed by atoms with E-state index in [2.05, 4.69) is 0 Å². The van der Waals surface area contributed by atoms with E-state index >= 15 is 0 Å². The molecule has 0 aliphatic heterocycles. The van der Waals surface area contributed by atoms with Crippen LogP contribution in [0.25, 0.3) is 0 Å². The Balaban J connectivity index is 0.000000547. The molecule has 0 N–H and O–H groups in total. The van der Waals surface area contributed by atoms with Gasteiger partial charge in [0.25, 0.3) is 13.0 Å². The van der Waals surface area contributed by atoms with E-state index in [9.17, 15) is 0 Å². The van der Waals surface area contributed by atoms with E-state index in [-0.39, 0.29) is 0 Å². The van der Waals surface area contributed by atoms with Crippen LogP contribution in [0.4, 0.5) is 0 Å². The van der Waals surface area contributed by atoms with Gasteiger partial charge >= 0.3 is 0 Å². The molecule has 0 amide bonds. The highest BCUT2D eigenvalue weighted by Crippen LogP contribution is 2.05. The molecule has 0 heterocycles. The van der Waals surface area contributed by atoms with Crippen LogP contribution in [0.1, 0.15) is 27.7 Å². The molecule has 5 nitrogen and oxygen atoms in total. The fraction of sp³-hybridized carbons (Fsp3) is 0.625. The molecule has 0 atom stereocenters. The first-order valence-corrected chi connectivity index (χ1v) is 7.40. The van der Waals surface area contributed by atoms with Crippen LogP contribution in [0.15, 0.2) is 36.4 Å². The van der Waals surface area contributed by atoms with Crippen molar-refractivity contribution in [2.24, 2.45) is 0 Å². The third kappa shape index (κ3) is 12.5. The molecular weight excluding hydrogens is 272 g/mol. The highest BCUT2D eigenvalue weighted by atomic mass is 16.9. The Morgan fingerprint density at radius 3 is 0.952 bits per heavy atom. The molecule has 0 aliphatic carbocycles. The second-order valence-electron chi connectivity index (χ2n) is 3.69. The number of ether oxygens (including phenoxy) is 5. The number of rotatable bonds is 10. The summed E-state index contributed by atoms with van der Waals surface area (Å²) in [7, 11) is 0. The molecule has 0 bridgehead atoms. The van der Waals surface area contributed by atoms with E-state index in [0.29, 0.717) is 26.4 Å². The summed E-state index contributed by atoms with van der Waals surface area (Å²) in [5.74, 6) is 0. The summed E-state index contributed by atoms with van der Waals surface area (Å²) in [6.45, 7) is 8.04. The summed E-state index contributed by atoms with van der Waals surface area (Å²) in [4.78, 5) is 0. The Labute approximate surface area is 128 Å². The normalized spacial score (nSPS) is 10.6. The Morgan fingerprint density at radius 2 is 0.762 bits per heavy atom. The SMILES string of the molecule is CCOC(OCC)OC(OCC)OCC.c1ccccc1. The smallest absolute Gasteiger partial charge is 0.275 e. The molecule has 0 aliphatic rings. The summed E-state index contributed by atoms with van der Waals surface area (Å²) in [6, 6.07) is 12.0. The minimum absolute atomic E-state index is 0.510. The Kier molecular flexibility index (Phi) is 14.7. The van der Waals surface area contributed by atoms with Crippen molar-refractivity contribution < 1.29 is 23.7 Å². The number of hydrogen-bond donors (Lipinski definition) is 0. The van der Waals surface area contributed by atoms with Crippen LogP contribution < -0.4 is 0 Å². The van der Waals surface area contributed by atoms with Gasteiger partial charge in [-0.1, -0.05) is 36.4 Å². The lowest BCUT2D eigenvalue weighted by Gasteiger charge is -2.23. The van der Waals surface area contributed by atoms with Crippen LogP contribution in [0.3, 0.4) is 0 Å². The highest BCUT2D eigenvalue weighted by molar-refractivity contribution is 4.99. The van der Waals surface area contributed by atoms with Crippen LogP contribution in [-0.4, -0.2) is 39.4 Å². The first-order valence-electron chi connectivity index (χ1n) is 7.40. The van der Waals surface area contributed by atoms with Crippen molar-refractivity contribution >= 4 is 0 Å². The van der Waals surface area contributed by atoms with Crippen LogP contribution in [0.5, 0.6) is 0 Å². The Morgan fingerprint density at radius 1 is 0.524 bits per heavy atom. The fourth-order valence-corrected chi connectivity index (χ4v) is 1.27. The predicted octanol–water partition coefficient (Wildman–Crippen LogP) is 3.40. The van der Waals surface area contributed by atoms with Crippen molar-refractivity contribution in [3.05, 3.63) is 36.4 Å². The van der Waals surface area contributed by atoms with Gasteiger partial charge in [-0.2, -0.15) is 0 Å². The predicted molar refractivity (Wildman–Crippen MR) is 81.6 cm³/mol. The zero-order valence-electron chi connectivity index (χ0n) is 13.5. The molecule has 0 spiro atoms. The third-order valence-corrected chi connectivity index (χ3v) is 2.10. The minimum atomic E-state index is -0.733. The molecule has 1 aromatic carbocycles. The topological polar surface area (TPSA) is 46.2 Å². The molecule has 0 unspecified atom stereocenters. The lowest BCUT2D eigenvalue weighted by atomic mass is 10.4. The number of benzene rings is 1. The molecule has 21 heavy (non-hydrogen) atoms. The monoisotopic (exact) mass is 300 g/mol. The van der Waals surface area contributed by atoms with E-state index in [1.165, 1.54) is 0 Å². The second-order valence-corrected chi connectivity index (χ2v) is 3.69. The zero-order valence-corrected chi connectivity index (χ0v) is 13.5. The van der Waals surface area contributed by atoms with Gasteiger partial charge in [-0.05, 0) is 27.7 Å². The fourth-order valence-electron chi connectivity index (χ4n) is 1.27. The van der Waals surface area contributed by atoms with Gasteiger partial charge < -0.3 is 18.9 Å². The standard InChI is InChI=1S/C10H22O5.C6H6/c1-5-11-9(12-6-2)15-10(13-7-3)14-8-4;1-2-4-6-5-3-1/h9-10H,5-8H2,1-4H3;1-6H. The van der Waals surface area contributed by atoms with Gasteiger partial charge in [-0.3, -0.25) is 4.74 Å². The maximum Gasteiger partial charge on any atom is 0.275 e. The zero-order chi connectivity index (χ0) is 15.8. The molecule has 0 radical (unpaired) electrons. The van der Waals surface area contributed by atoms with Crippen molar-refractivity contribution in [2.75, 3.05) is 26.4 Å². The van der Waals surface area contributed by atoms with Crippen molar-refractivity contribution in [2.45, 2.75) is 40.6 Å². The average Bonchev–Trinajstić information content (AvgIpc) is 2.51. The van der Waals surface area contributed by atoms with Crippen molar-refractivity contribution in [3.8, 4) is 0 Å². The Bertz CT molecular complexity index is 241. The molecule has 1 aromatic rings. The quantitative estimate of drug-likeness (QED) is 0.620. The third-order valence-electron chi connectivity index (χ3n) is 2.10. The lowest BCUT2D eigenvalue weighted by molar-refractivity contribution is -0.395. The Hall–Kier alpha value is -0.980. The molecule has 122 valence electrons. The molecule has 1 rings (SSSR count). The second kappa shape index (κ2) is 15.4. The van der Waals surface area contributed by atoms with E-state index in [0.717, 1.165) is 0 Å². The minimum Gasteiger partial charge on any atom is -0.330 e. The van der Waals surface area contributed by atoms with Crippen molar-refractivity contribution in [1.82, 2.24) is 0 Å². The van der Waals surface area contributed by atoms with Gasteiger partial charge in [0, 0.05) is 26.4 Å². The van der Waals surface area contributed by atoms with Gasteiger partial charge in [0.05, 0.1) is 0 Å². The summed E-state index contributed by atoms with van der Waals surface area (Å²) < 4.78 is 26.1. The molecule has 5 heteroatoms. The van der Waals surface area contributed by atoms with Gasteiger partial charge in [0.1, 0.15) is 0 Å². The van der Waals surface area contributed by atoms with Crippen LogP contribution >= 0.6 is 0 Å². The van der Waals surface area contributed by atoms with Crippen molar-refractivity contribution in [3.63, 3.8) is 0 Å².